The Morgan fingerprint density at radius 1 is 1.00 bits per heavy atom. The van der Waals surface area contributed by atoms with Gasteiger partial charge in [0.1, 0.15) is 0 Å². The average molecular weight is 304 g/mol. The van der Waals surface area contributed by atoms with Crippen LogP contribution in [0.5, 0.6) is 0 Å². The fourth-order valence-corrected chi connectivity index (χ4v) is 3.64. The van der Waals surface area contributed by atoms with Crippen LogP contribution in [0.1, 0.15) is 22.3 Å². The van der Waals surface area contributed by atoms with E-state index < -0.39 is 10.0 Å². The van der Waals surface area contributed by atoms with Crippen LogP contribution in [-0.2, 0) is 16.6 Å². The molecule has 0 aliphatic rings. The van der Waals surface area contributed by atoms with Crippen molar-refractivity contribution in [2.24, 2.45) is 5.73 Å². The lowest BCUT2D eigenvalue weighted by Gasteiger charge is -2.12. The predicted octanol–water partition coefficient (Wildman–Crippen LogP) is 2.87. The van der Waals surface area contributed by atoms with E-state index in [2.05, 4.69) is 4.72 Å². The molecule has 0 radical (unpaired) electrons. The van der Waals surface area contributed by atoms with E-state index in [1.807, 2.05) is 38.1 Å². The normalized spacial score (nSPS) is 11.4. The Hall–Kier alpha value is -1.85. The standard InChI is InChI=1S/C16H20N2O2S/c1-11-6-12(2)8-15(7-11)18-21(19,20)16-9-14(10-17)5-4-13(16)3/h4-9,18H,10,17H2,1-3H3. The first kappa shape index (κ1) is 15.5. The predicted molar refractivity (Wildman–Crippen MR) is 85.8 cm³/mol. The lowest BCUT2D eigenvalue weighted by molar-refractivity contribution is 0.600. The number of anilines is 1. The van der Waals surface area contributed by atoms with Gasteiger partial charge in [-0.05, 0) is 61.2 Å². The molecule has 0 heterocycles. The zero-order chi connectivity index (χ0) is 15.6. The first-order valence-electron chi connectivity index (χ1n) is 6.72. The van der Waals surface area contributed by atoms with Crippen molar-refractivity contribution < 1.29 is 8.42 Å². The van der Waals surface area contributed by atoms with Crippen LogP contribution in [0, 0.1) is 20.8 Å². The fourth-order valence-electron chi connectivity index (χ4n) is 2.30. The number of hydrogen-bond acceptors (Lipinski definition) is 3. The molecule has 0 amide bonds. The van der Waals surface area contributed by atoms with Crippen molar-refractivity contribution in [3.05, 3.63) is 58.7 Å². The lowest BCUT2D eigenvalue weighted by atomic mass is 10.1. The Morgan fingerprint density at radius 3 is 2.19 bits per heavy atom. The van der Waals surface area contributed by atoms with Crippen molar-refractivity contribution in [2.75, 3.05) is 4.72 Å². The summed E-state index contributed by atoms with van der Waals surface area (Å²) in [7, 11) is -3.62. The second-order valence-electron chi connectivity index (χ2n) is 5.29. The Kier molecular flexibility index (Phi) is 4.34. The summed E-state index contributed by atoms with van der Waals surface area (Å²) >= 11 is 0. The van der Waals surface area contributed by atoms with Crippen LogP contribution in [0.15, 0.2) is 41.3 Å². The summed E-state index contributed by atoms with van der Waals surface area (Å²) in [5.41, 5.74) is 9.68. The van der Waals surface area contributed by atoms with E-state index in [4.69, 9.17) is 5.73 Å². The molecule has 3 N–H and O–H groups in total. The van der Waals surface area contributed by atoms with Crippen LogP contribution in [0.2, 0.25) is 0 Å². The minimum absolute atomic E-state index is 0.268. The molecule has 2 aromatic rings. The lowest BCUT2D eigenvalue weighted by Crippen LogP contribution is -2.15. The monoisotopic (exact) mass is 304 g/mol. The molecule has 0 bridgehead atoms. The molecule has 21 heavy (non-hydrogen) atoms. The molecule has 4 nitrogen and oxygen atoms in total. The van der Waals surface area contributed by atoms with Gasteiger partial charge in [-0.3, -0.25) is 4.72 Å². The van der Waals surface area contributed by atoms with Gasteiger partial charge in [-0.15, -0.1) is 0 Å². The van der Waals surface area contributed by atoms with Gasteiger partial charge in [0, 0.05) is 12.2 Å². The third-order valence-electron chi connectivity index (χ3n) is 3.25. The van der Waals surface area contributed by atoms with E-state index in [1.54, 1.807) is 19.1 Å². The van der Waals surface area contributed by atoms with Gasteiger partial charge in [-0.25, -0.2) is 8.42 Å². The van der Waals surface area contributed by atoms with Gasteiger partial charge in [0.15, 0.2) is 0 Å². The van der Waals surface area contributed by atoms with Gasteiger partial charge in [0.25, 0.3) is 10.0 Å². The van der Waals surface area contributed by atoms with E-state index in [0.29, 0.717) is 17.8 Å². The van der Waals surface area contributed by atoms with Crippen LogP contribution in [0.4, 0.5) is 5.69 Å². The molecule has 2 rings (SSSR count). The Morgan fingerprint density at radius 2 is 1.62 bits per heavy atom. The zero-order valence-electron chi connectivity index (χ0n) is 12.5. The molecule has 0 saturated carbocycles. The number of benzene rings is 2. The fraction of sp³-hybridized carbons (Fsp3) is 0.250. The van der Waals surface area contributed by atoms with Gasteiger partial charge in [-0.2, -0.15) is 0 Å². The summed E-state index contributed by atoms with van der Waals surface area (Å²) in [5.74, 6) is 0. The topological polar surface area (TPSA) is 72.2 Å². The van der Waals surface area contributed by atoms with Crippen molar-refractivity contribution in [1.82, 2.24) is 0 Å². The second kappa shape index (κ2) is 5.87. The van der Waals surface area contributed by atoms with E-state index in [-0.39, 0.29) is 4.90 Å². The summed E-state index contributed by atoms with van der Waals surface area (Å²) in [4.78, 5) is 0.268. The zero-order valence-corrected chi connectivity index (χ0v) is 13.3. The maximum Gasteiger partial charge on any atom is 0.262 e. The van der Waals surface area contributed by atoms with Crippen molar-refractivity contribution in [3.63, 3.8) is 0 Å². The molecule has 0 aliphatic heterocycles. The highest BCUT2D eigenvalue weighted by Crippen LogP contribution is 2.22. The van der Waals surface area contributed by atoms with Crippen LogP contribution >= 0.6 is 0 Å². The van der Waals surface area contributed by atoms with Gasteiger partial charge in [-0.1, -0.05) is 18.2 Å². The van der Waals surface area contributed by atoms with E-state index in [0.717, 1.165) is 16.7 Å². The van der Waals surface area contributed by atoms with Gasteiger partial charge >= 0.3 is 0 Å². The molecule has 0 saturated heterocycles. The smallest absolute Gasteiger partial charge is 0.262 e. The van der Waals surface area contributed by atoms with Crippen molar-refractivity contribution in [2.45, 2.75) is 32.2 Å². The van der Waals surface area contributed by atoms with Gasteiger partial charge in [0.2, 0.25) is 0 Å². The molecule has 0 fully saturated rings. The Balaban J connectivity index is 2.42. The first-order chi connectivity index (χ1) is 9.81. The van der Waals surface area contributed by atoms with E-state index in [9.17, 15) is 8.42 Å². The Labute approximate surface area is 126 Å². The summed E-state index contributed by atoms with van der Waals surface area (Å²) in [6.07, 6.45) is 0. The molecule has 112 valence electrons. The average Bonchev–Trinajstić information content (AvgIpc) is 2.37. The maximum absolute atomic E-state index is 12.6. The highest BCUT2D eigenvalue weighted by molar-refractivity contribution is 7.92. The second-order valence-corrected chi connectivity index (χ2v) is 6.94. The number of sulfonamides is 1. The third kappa shape index (κ3) is 3.62. The van der Waals surface area contributed by atoms with Gasteiger partial charge in [0.05, 0.1) is 4.90 Å². The first-order valence-corrected chi connectivity index (χ1v) is 8.21. The molecule has 5 heteroatoms. The molecular weight excluding hydrogens is 284 g/mol. The third-order valence-corrected chi connectivity index (χ3v) is 4.77. The molecule has 0 atom stereocenters. The van der Waals surface area contributed by atoms with Crippen LogP contribution in [-0.4, -0.2) is 8.42 Å². The summed E-state index contributed by atoms with van der Waals surface area (Å²) in [6.45, 7) is 5.96. The largest absolute Gasteiger partial charge is 0.326 e. The highest BCUT2D eigenvalue weighted by Gasteiger charge is 2.17. The van der Waals surface area contributed by atoms with E-state index >= 15 is 0 Å². The van der Waals surface area contributed by atoms with Crippen LogP contribution in [0.3, 0.4) is 0 Å². The summed E-state index contributed by atoms with van der Waals surface area (Å²) in [6, 6.07) is 10.9. The van der Waals surface area contributed by atoms with Gasteiger partial charge < -0.3 is 5.73 Å². The van der Waals surface area contributed by atoms with E-state index in [1.165, 1.54) is 0 Å². The number of nitrogens with one attached hydrogen (secondary N) is 1. The summed E-state index contributed by atoms with van der Waals surface area (Å²) in [5, 5.41) is 0. The molecule has 0 spiro atoms. The highest BCUT2D eigenvalue weighted by atomic mass is 32.2. The molecule has 0 aliphatic carbocycles. The van der Waals surface area contributed by atoms with Crippen LogP contribution in [0.25, 0.3) is 0 Å². The minimum Gasteiger partial charge on any atom is -0.326 e. The SMILES string of the molecule is Cc1cc(C)cc(NS(=O)(=O)c2cc(CN)ccc2C)c1. The number of nitrogens with two attached hydrogens (primary N) is 1. The maximum atomic E-state index is 12.6. The number of hydrogen-bond donors (Lipinski definition) is 2. The molecular formula is C16H20N2O2S. The molecule has 0 unspecified atom stereocenters. The molecule has 0 aromatic heterocycles. The van der Waals surface area contributed by atoms with Crippen molar-refractivity contribution in [3.8, 4) is 0 Å². The summed E-state index contributed by atoms with van der Waals surface area (Å²) < 4.78 is 27.8. The van der Waals surface area contributed by atoms with Crippen molar-refractivity contribution >= 4 is 15.7 Å². The quantitative estimate of drug-likeness (QED) is 0.912. The van der Waals surface area contributed by atoms with Crippen LogP contribution < -0.4 is 10.5 Å². The number of aryl methyl sites for hydroxylation is 3. The number of rotatable bonds is 4. The molecule has 2 aromatic carbocycles. The Bertz CT molecular complexity index is 748. The van der Waals surface area contributed by atoms with Crippen molar-refractivity contribution in [1.29, 1.82) is 0 Å². The minimum atomic E-state index is -3.62.